The van der Waals surface area contributed by atoms with Crippen molar-refractivity contribution in [3.8, 4) is 22.5 Å². The zero-order valence-corrected chi connectivity index (χ0v) is 12.0. The highest BCUT2D eigenvalue weighted by molar-refractivity contribution is 5.88. The molecule has 0 bridgehead atoms. The van der Waals surface area contributed by atoms with E-state index in [9.17, 15) is 9.59 Å². The molecule has 0 saturated heterocycles. The third kappa shape index (κ3) is 3.13. The van der Waals surface area contributed by atoms with Gasteiger partial charge in [-0.15, -0.1) is 0 Å². The Morgan fingerprint density at radius 2 is 1.30 bits per heavy atom. The summed E-state index contributed by atoms with van der Waals surface area (Å²) in [6.45, 7) is 0. The van der Waals surface area contributed by atoms with E-state index in [4.69, 9.17) is 5.11 Å². The second-order valence-corrected chi connectivity index (χ2v) is 4.91. The molecule has 5 heteroatoms. The number of hydrogen-bond donors (Lipinski definition) is 1. The Balaban J connectivity index is 1.86. The minimum atomic E-state index is -0.961. The van der Waals surface area contributed by atoms with E-state index in [2.05, 4.69) is 9.97 Å². The molecule has 0 saturated carbocycles. The topological polar surface area (TPSA) is 80.2 Å². The zero-order chi connectivity index (χ0) is 16.2. The number of carbonyl (C=O) groups excluding carboxylic acids is 1. The summed E-state index contributed by atoms with van der Waals surface area (Å²) in [4.78, 5) is 30.2. The number of carboxylic acid groups (broad SMARTS) is 1. The van der Waals surface area contributed by atoms with E-state index in [-0.39, 0.29) is 5.56 Å². The van der Waals surface area contributed by atoms with Crippen molar-refractivity contribution >= 4 is 12.3 Å². The van der Waals surface area contributed by atoms with Crippen LogP contribution in [0.1, 0.15) is 20.7 Å². The zero-order valence-electron chi connectivity index (χ0n) is 12.0. The van der Waals surface area contributed by atoms with Crippen LogP contribution in [0.25, 0.3) is 22.5 Å². The predicted octanol–water partition coefficient (Wildman–Crippen LogP) is 3.32. The van der Waals surface area contributed by atoms with E-state index < -0.39 is 5.97 Å². The Morgan fingerprint density at radius 1 is 0.826 bits per heavy atom. The fourth-order valence-electron chi connectivity index (χ4n) is 2.14. The van der Waals surface area contributed by atoms with Gasteiger partial charge in [0.05, 0.1) is 29.3 Å². The second-order valence-electron chi connectivity index (χ2n) is 4.91. The molecule has 112 valence electrons. The van der Waals surface area contributed by atoms with E-state index in [1.807, 2.05) is 12.1 Å². The van der Waals surface area contributed by atoms with Crippen molar-refractivity contribution in [1.29, 1.82) is 0 Å². The molecule has 3 rings (SSSR count). The Kier molecular flexibility index (Phi) is 3.93. The van der Waals surface area contributed by atoms with Gasteiger partial charge in [0.1, 0.15) is 6.29 Å². The molecule has 0 spiro atoms. The molecular formula is C18H12N2O3. The third-order valence-electron chi connectivity index (χ3n) is 3.42. The van der Waals surface area contributed by atoms with Crippen LogP contribution in [-0.2, 0) is 0 Å². The maximum atomic E-state index is 10.8. The maximum Gasteiger partial charge on any atom is 0.335 e. The highest BCUT2D eigenvalue weighted by atomic mass is 16.4. The molecule has 2 aromatic carbocycles. The van der Waals surface area contributed by atoms with E-state index in [1.165, 1.54) is 12.1 Å². The van der Waals surface area contributed by atoms with Gasteiger partial charge >= 0.3 is 5.97 Å². The molecule has 0 fully saturated rings. The number of hydrogen-bond acceptors (Lipinski definition) is 4. The molecule has 0 unspecified atom stereocenters. The van der Waals surface area contributed by atoms with Crippen LogP contribution < -0.4 is 0 Å². The number of aromatic carboxylic acids is 1. The molecule has 0 aliphatic heterocycles. The molecule has 1 heterocycles. The minimum absolute atomic E-state index is 0.230. The molecule has 0 aliphatic carbocycles. The number of aldehydes is 1. The molecule has 1 aromatic heterocycles. The lowest BCUT2D eigenvalue weighted by Crippen LogP contribution is -1.95. The number of rotatable bonds is 4. The van der Waals surface area contributed by atoms with Crippen LogP contribution in [-0.4, -0.2) is 27.3 Å². The lowest BCUT2D eigenvalue weighted by molar-refractivity contribution is 0.0696. The lowest BCUT2D eigenvalue weighted by Gasteiger charge is -2.04. The Hall–Kier alpha value is -3.34. The van der Waals surface area contributed by atoms with E-state index in [0.29, 0.717) is 17.0 Å². The van der Waals surface area contributed by atoms with E-state index in [1.54, 1.807) is 36.7 Å². The van der Waals surface area contributed by atoms with Crippen molar-refractivity contribution in [3.63, 3.8) is 0 Å². The van der Waals surface area contributed by atoms with E-state index in [0.717, 1.165) is 17.4 Å². The molecule has 0 aliphatic rings. The van der Waals surface area contributed by atoms with E-state index >= 15 is 0 Å². The molecule has 0 radical (unpaired) electrons. The third-order valence-corrected chi connectivity index (χ3v) is 3.42. The van der Waals surface area contributed by atoms with Gasteiger partial charge in [-0.05, 0) is 12.1 Å². The van der Waals surface area contributed by atoms with Crippen molar-refractivity contribution in [2.45, 2.75) is 0 Å². The van der Waals surface area contributed by atoms with Gasteiger partial charge in [-0.3, -0.25) is 14.8 Å². The SMILES string of the molecule is O=Cc1ccc(-c2cnc(-c3ccc(C(=O)O)cc3)cn2)cc1. The molecular weight excluding hydrogens is 292 g/mol. The first-order valence-electron chi connectivity index (χ1n) is 6.89. The molecule has 0 atom stereocenters. The average Bonchev–Trinajstić information content (AvgIpc) is 2.62. The van der Waals surface area contributed by atoms with Crippen LogP contribution in [0.4, 0.5) is 0 Å². The Bertz CT molecular complexity index is 839. The smallest absolute Gasteiger partial charge is 0.335 e. The summed E-state index contributed by atoms with van der Waals surface area (Å²) in [7, 11) is 0. The summed E-state index contributed by atoms with van der Waals surface area (Å²) in [5.41, 5.74) is 3.87. The van der Waals surface area contributed by atoms with Crippen LogP contribution in [0.15, 0.2) is 60.9 Å². The largest absolute Gasteiger partial charge is 0.478 e. The Morgan fingerprint density at radius 3 is 1.70 bits per heavy atom. The molecule has 23 heavy (non-hydrogen) atoms. The average molecular weight is 304 g/mol. The van der Waals surface area contributed by atoms with Gasteiger partial charge in [-0.25, -0.2) is 4.79 Å². The summed E-state index contributed by atoms with van der Waals surface area (Å²) in [6, 6.07) is 13.5. The highest BCUT2D eigenvalue weighted by Crippen LogP contribution is 2.20. The maximum absolute atomic E-state index is 10.8. The fraction of sp³-hybridized carbons (Fsp3) is 0. The fourth-order valence-corrected chi connectivity index (χ4v) is 2.14. The summed E-state index contributed by atoms with van der Waals surface area (Å²) < 4.78 is 0. The van der Waals surface area contributed by atoms with Crippen molar-refractivity contribution < 1.29 is 14.7 Å². The number of benzene rings is 2. The first kappa shape index (κ1) is 14.6. The van der Waals surface area contributed by atoms with Crippen LogP contribution in [0.5, 0.6) is 0 Å². The van der Waals surface area contributed by atoms with Crippen LogP contribution >= 0.6 is 0 Å². The van der Waals surface area contributed by atoms with Crippen molar-refractivity contribution in [3.05, 3.63) is 72.1 Å². The summed E-state index contributed by atoms with van der Waals surface area (Å²) in [5, 5.41) is 8.90. The minimum Gasteiger partial charge on any atom is -0.478 e. The standard InChI is InChI=1S/C18H12N2O3/c21-11-12-1-3-13(4-2-12)16-9-20-17(10-19-16)14-5-7-15(8-6-14)18(22)23/h1-11H,(H,22,23). The molecule has 3 aromatic rings. The molecule has 0 amide bonds. The van der Waals surface area contributed by atoms with Crippen LogP contribution in [0.2, 0.25) is 0 Å². The Labute approximate surface area is 132 Å². The first-order chi connectivity index (χ1) is 11.2. The lowest BCUT2D eigenvalue weighted by atomic mass is 10.1. The van der Waals surface area contributed by atoms with Gasteiger partial charge in [0.25, 0.3) is 0 Å². The predicted molar refractivity (Wildman–Crippen MR) is 85.3 cm³/mol. The molecule has 1 N–H and O–H groups in total. The quantitative estimate of drug-likeness (QED) is 0.748. The first-order valence-corrected chi connectivity index (χ1v) is 6.89. The normalized spacial score (nSPS) is 10.3. The van der Waals surface area contributed by atoms with Gasteiger partial charge in [0.2, 0.25) is 0 Å². The van der Waals surface area contributed by atoms with Gasteiger partial charge in [0, 0.05) is 16.7 Å². The monoisotopic (exact) mass is 304 g/mol. The van der Waals surface area contributed by atoms with Crippen LogP contribution in [0.3, 0.4) is 0 Å². The number of carbonyl (C=O) groups is 2. The number of aromatic nitrogens is 2. The molecule has 5 nitrogen and oxygen atoms in total. The summed E-state index contributed by atoms with van der Waals surface area (Å²) in [5.74, 6) is -0.961. The number of carboxylic acids is 1. The van der Waals surface area contributed by atoms with Gasteiger partial charge < -0.3 is 5.11 Å². The van der Waals surface area contributed by atoms with Gasteiger partial charge in [-0.2, -0.15) is 0 Å². The summed E-state index contributed by atoms with van der Waals surface area (Å²) in [6.07, 6.45) is 4.08. The highest BCUT2D eigenvalue weighted by Gasteiger charge is 2.06. The van der Waals surface area contributed by atoms with Gasteiger partial charge in [0.15, 0.2) is 0 Å². The number of nitrogens with zero attached hydrogens (tertiary/aromatic N) is 2. The van der Waals surface area contributed by atoms with Gasteiger partial charge in [-0.1, -0.05) is 36.4 Å². The van der Waals surface area contributed by atoms with Crippen molar-refractivity contribution in [2.24, 2.45) is 0 Å². The van der Waals surface area contributed by atoms with Crippen molar-refractivity contribution in [2.75, 3.05) is 0 Å². The van der Waals surface area contributed by atoms with Crippen molar-refractivity contribution in [1.82, 2.24) is 9.97 Å². The second kappa shape index (κ2) is 6.19. The van der Waals surface area contributed by atoms with Crippen LogP contribution in [0, 0.1) is 0 Å². The summed E-state index contributed by atoms with van der Waals surface area (Å²) >= 11 is 0.